The van der Waals surface area contributed by atoms with Crippen molar-refractivity contribution in [2.24, 2.45) is 5.73 Å². The van der Waals surface area contributed by atoms with Gasteiger partial charge in [-0.3, -0.25) is 4.57 Å². The number of benzene rings is 1. The molecule has 0 saturated heterocycles. The standard InChI is InChI=1S/C13H22NO4P/c1-4-17-19(16,18-5-2)13(15)12(14)11-9-7-6-8-10(11)3/h6-9,12-13,15H,4-5,14H2,1-3H3/t12-,13+/m1/s1. The first-order chi connectivity index (χ1) is 8.96. The molecule has 0 unspecified atom stereocenters. The monoisotopic (exact) mass is 287 g/mol. The van der Waals surface area contributed by atoms with Crippen LogP contribution in [-0.4, -0.2) is 24.2 Å². The Morgan fingerprint density at radius 1 is 1.26 bits per heavy atom. The molecular weight excluding hydrogens is 265 g/mol. The van der Waals surface area contributed by atoms with Gasteiger partial charge < -0.3 is 19.9 Å². The van der Waals surface area contributed by atoms with Crippen LogP contribution in [0.15, 0.2) is 24.3 Å². The van der Waals surface area contributed by atoms with E-state index in [2.05, 4.69) is 0 Å². The van der Waals surface area contributed by atoms with E-state index in [9.17, 15) is 9.67 Å². The molecule has 2 atom stereocenters. The maximum atomic E-state index is 12.5. The fourth-order valence-corrected chi connectivity index (χ4v) is 3.52. The molecule has 0 radical (unpaired) electrons. The first-order valence-electron chi connectivity index (χ1n) is 6.34. The van der Waals surface area contributed by atoms with Gasteiger partial charge >= 0.3 is 7.60 Å². The number of rotatable bonds is 7. The van der Waals surface area contributed by atoms with Crippen LogP contribution in [0.3, 0.4) is 0 Å². The van der Waals surface area contributed by atoms with E-state index in [1.165, 1.54) is 0 Å². The number of aliphatic hydroxyl groups excluding tert-OH is 1. The van der Waals surface area contributed by atoms with Crippen LogP contribution in [0, 0.1) is 6.92 Å². The molecule has 0 spiro atoms. The van der Waals surface area contributed by atoms with E-state index in [0.717, 1.165) is 11.1 Å². The number of nitrogens with two attached hydrogens (primary N) is 1. The Kier molecular flexibility index (Phi) is 6.17. The predicted molar refractivity (Wildman–Crippen MR) is 75.0 cm³/mol. The van der Waals surface area contributed by atoms with Crippen LogP contribution < -0.4 is 5.73 Å². The lowest BCUT2D eigenvalue weighted by atomic mass is 10.0. The molecule has 0 fully saturated rings. The Labute approximate surface area is 114 Å². The SMILES string of the molecule is CCOP(=O)(OCC)[C@H](O)[C@H](N)c1ccccc1C. The van der Waals surface area contributed by atoms with Crippen LogP contribution in [0.4, 0.5) is 0 Å². The van der Waals surface area contributed by atoms with Crippen molar-refractivity contribution in [3.05, 3.63) is 35.4 Å². The molecule has 3 N–H and O–H groups in total. The van der Waals surface area contributed by atoms with Crippen molar-refractivity contribution in [1.29, 1.82) is 0 Å². The summed E-state index contributed by atoms with van der Waals surface area (Å²) >= 11 is 0. The third-order valence-corrected chi connectivity index (χ3v) is 5.02. The van der Waals surface area contributed by atoms with Crippen molar-refractivity contribution in [3.63, 3.8) is 0 Å². The van der Waals surface area contributed by atoms with Gasteiger partial charge in [0.15, 0.2) is 5.85 Å². The molecule has 0 aromatic heterocycles. The lowest BCUT2D eigenvalue weighted by Gasteiger charge is -2.27. The molecule has 0 heterocycles. The second-order valence-electron chi connectivity index (χ2n) is 4.17. The molecular formula is C13H22NO4P. The molecule has 1 aromatic rings. The van der Waals surface area contributed by atoms with Crippen molar-refractivity contribution >= 4 is 7.60 Å². The zero-order valence-electron chi connectivity index (χ0n) is 11.6. The molecule has 1 aromatic carbocycles. The highest BCUT2D eigenvalue weighted by molar-refractivity contribution is 7.54. The Morgan fingerprint density at radius 2 is 1.79 bits per heavy atom. The van der Waals surface area contributed by atoms with Crippen LogP contribution >= 0.6 is 7.60 Å². The minimum Gasteiger partial charge on any atom is -0.379 e. The summed E-state index contributed by atoms with van der Waals surface area (Å²) < 4.78 is 22.7. The molecule has 108 valence electrons. The molecule has 5 nitrogen and oxygen atoms in total. The first kappa shape index (κ1) is 16.3. The number of hydrogen-bond donors (Lipinski definition) is 2. The van der Waals surface area contributed by atoms with Gasteiger partial charge in [0.25, 0.3) is 0 Å². The molecule has 0 aliphatic heterocycles. The summed E-state index contributed by atoms with van der Waals surface area (Å²) in [5, 5.41) is 10.2. The summed E-state index contributed by atoms with van der Waals surface area (Å²) in [5.41, 5.74) is 7.66. The van der Waals surface area contributed by atoms with Crippen LogP contribution in [0.5, 0.6) is 0 Å². The maximum Gasteiger partial charge on any atom is 0.360 e. The van der Waals surface area contributed by atoms with Crippen LogP contribution in [0.1, 0.15) is 31.0 Å². The van der Waals surface area contributed by atoms with E-state index < -0.39 is 19.5 Å². The topological polar surface area (TPSA) is 81.8 Å². The molecule has 1 rings (SSSR count). The number of aliphatic hydroxyl groups is 1. The fraction of sp³-hybridized carbons (Fsp3) is 0.538. The van der Waals surface area contributed by atoms with E-state index in [1.807, 2.05) is 25.1 Å². The second-order valence-corrected chi connectivity index (χ2v) is 6.30. The minimum atomic E-state index is -3.62. The number of hydrogen-bond acceptors (Lipinski definition) is 5. The van der Waals surface area contributed by atoms with Crippen LogP contribution in [-0.2, 0) is 13.6 Å². The van der Waals surface area contributed by atoms with Gasteiger partial charge in [0, 0.05) is 0 Å². The normalized spacial score (nSPS) is 15.2. The fourth-order valence-electron chi connectivity index (χ4n) is 1.87. The van der Waals surface area contributed by atoms with Crippen molar-refractivity contribution in [1.82, 2.24) is 0 Å². The van der Waals surface area contributed by atoms with Crippen LogP contribution in [0.25, 0.3) is 0 Å². The molecule has 0 bridgehead atoms. The zero-order valence-corrected chi connectivity index (χ0v) is 12.5. The average molecular weight is 287 g/mol. The van der Waals surface area contributed by atoms with E-state index >= 15 is 0 Å². The third-order valence-electron chi connectivity index (χ3n) is 2.81. The summed E-state index contributed by atoms with van der Waals surface area (Å²) in [6.07, 6.45) is 0. The summed E-state index contributed by atoms with van der Waals surface area (Å²) in [6, 6.07) is 6.56. The van der Waals surface area contributed by atoms with E-state index in [0.29, 0.717) is 0 Å². The zero-order chi connectivity index (χ0) is 14.5. The molecule has 0 saturated carbocycles. The van der Waals surface area contributed by atoms with E-state index in [4.69, 9.17) is 14.8 Å². The van der Waals surface area contributed by atoms with Gasteiger partial charge in [0.2, 0.25) is 0 Å². The highest BCUT2D eigenvalue weighted by Crippen LogP contribution is 2.55. The lowest BCUT2D eigenvalue weighted by Crippen LogP contribution is -2.28. The smallest absolute Gasteiger partial charge is 0.360 e. The van der Waals surface area contributed by atoms with Gasteiger partial charge in [-0.25, -0.2) is 0 Å². The highest BCUT2D eigenvalue weighted by Gasteiger charge is 2.39. The summed E-state index contributed by atoms with van der Waals surface area (Å²) in [4.78, 5) is 0. The molecule has 6 heteroatoms. The van der Waals surface area contributed by atoms with Gasteiger partial charge in [-0.2, -0.15) is 0 Å². The van der Waals surface area contributed by atoms with Gasteiger partial charge in [-0.15, -0.1) is 0 Å². The largest absolute Gasteiger partial charge is 0.379 e. The Balaban J connectivity index is 3.00. The van der Waals surface area contributed by atoms with Gasteiger partial charge in [0.1, 0.15) is 0 Å². The maximum absolute atomic E-state index is 12.5. The molecule has 19 heavy (non-hydrogen) atoms. The quantitative estimate of drug-likeness (QED) is 0.753. The second kappa shape index (κ2) is 7.17. The summed E-state index contributed by atoms with van der Waals surface area (Å²) in [6.45, 7) is 5.65. The number of aryl methyl sites for hydroxylation is 1. The third kappa shape index (κ3) is 3.88. The predicted octanol–water partition coefficient (Wildman–Crippen LogP) is 2.58. The Morgan fingerprint density at radius 3 is 2.26 bits per heavy atom. The van der Waals surface area contributed by atoms with Crippen molar-refractivity contribution in [3.8, 4) is 0 Å². The molecule has 0 aliphatic rings. The van der Waals surface area contributed by atoms with E-state index in [1.54, 1.807) is 19.9 Å². The lowest BCUT2D eigenvalue weighted by molar-refractivity contribution is 0.134. The summed E-state index contributed by atoms with van der Waals surface area (Å²) in [7, 11) is -3.62. The van der Waals surface area contributed by atoms with Crippen molar-refractivity contribution < 1.29 is 18.7 Å². The van der Waals surface area contributed by atoms with Gasteiger partial charge in [0.05, 0.1) is 19.3 Å². The summed E-state index contributed by atoms with van der Waals surface area (Å²) in [5.74, 6) is -1.38. The van der Waals surface area contributed by atoms with Crippen molar-refractivity contribution in [2.75, 3.05) is 13.2 Å². The average Bonchev–Trinajstić information content (AvgIpc) is 2.38. The molecule has 0 aliphatic carbocycles. The highest BCUT2D eigenvalue weighted by atomic mass is 31.2. The van der Waals surface area contributed by atoms with E-state index in [-0.39, 0.29) is 13.2 Å². The van der Waals surface area contributed by atoms with Crippen LogP contribution in [0.2, 0.25) is 0 Å². The first-order valence-corrected chi connectivity index (χ1v) is 7.95. The van der Waals surface area contributed by atoms with Crippen molar-refractivity contribution in [2.45, 2.75) is 32.7 Å². The Bertz CT molecular complexity index is 442. The Hall–Kier alpha value is -0.710. The molecule has 0 amide bonds. The van der Waals surface area contributed by atoms with Gasteiger partial charge in [-0.05, 0) is 31.9 Å². The minimum absolute atomic E-state index is 0.189. The van der Waals surface area contributed by atoms with Gasteiger partial charge in [-0.1, -0.05) is 24.3 Å².